The molecule has 0 saturated carbocycles. The van der Waals surface area contributed by atoms with Crippen LogP contribution in [-0.2, 0) is 9.59 Å². The number of carbonyl (C=O) groups excluding carboxylic acids is 3. The van der Waals surface area contributed by atoms with E-state index in [1.54, 1.807) is 48.5 Å². The van der Waals surface area contributed by atoms with E-state index in [0.29, 0.717) is 5.52 Å². The minimum absolute atomic E-state index is 0.0221. The number of benzene rings is 2. The first kappa shape index (κ1) is 23.8. The van der Waals surface area contributed by atoms with Crippen LogP contribution in [-0.4, -0.2) is 46.5 Å². The predicted molar refractivity (Wildman–Crippen MR) is 124 cm³/mol. The van der Waals surface area contributed by atoms with E-state index in [2.05, 4.69) is 15.6 Å². The van der Waals surface area contributed by atoms with E-state index in [9.17, 15) is 19.5 Å². The first-order valence-electron chi connectivity index (χ1n) is 10.6. The normalized spacial score (nSPS) is 13.6. The summed E-state index contributed by atoms with van der Waals surface area (Å²) in [5.41, 5.74) is 12.3. The summed E-state index contributed by atoms with van der Waals surface area (Å²) in [4.78, 5) is 41.8. The van der Waals surface area contributed by atoms with Gasteiger partial charge in [0.1, 0.15) is 11.7 Å². The first-order chi connectivity index (χ1) is 15.9. The minimum Gasteiger partial charge on any atom is -0.392 e. The molecule has 0 aliphatic carbocycles. The van der Waals surface area contributed by atoms with E-state index >= 15 is 0 Å². The molecule has 7 N–H and O–H groups in total. The zero-order chi connectivity index (χ0) is 23.8. The number of nitrogens with zero attached hydrogens (tertiary/aromatic N) is 1. The van der Waals surface area contributed by atoms with Crippen molar-refractivity contribution in [3.05, 3.63) is 78.0 Å². The number of hydrogen-bond donors (Lipinski definition) is 5. The Morgan fingerprint density at radius 2 is 1.64 bits per heavy atom. The Morgan fingerprint density at radius 3 is 2.33 bits per heavy atom. The number of pyridine rings is 1. The molecule has 3 rings (SSSR count). The van der Waals surface area contributed by atoms with Crippen molar-refractivity contribution in [3.8, 4) is 0 Å². The van der Waals surface area contributed by atoms with Crippen LogP contribution < -0.4 is 22.1 Å². The van der Waals surface area contributed by atoms with Gasteiger partial charge in [-0.3, -0.25) is 14.4 Å². The van der Waals surface area contributed by atoms with Gasteiger partial charge in [0.15, 0.2) is 0 Å². The molecule has 3 amide bonds. The fourth-order valence-electron chi connectivity index (χ4n) is 3.44. The maximum absolute atomic E-state index is 13.0. The molecular weight excluding hydrogens is 422 g/mol. The third-order valence-corrected chi connectivity index (χ3v) is 5.16. The van der Waals surface area contributed by atoms with Crippen LogP contribution in [0.2, 0.25) is 0 Å². The second-order valence-electron chi connectivity index (χ2n) is 7.68. The Bertz CT molecular complexity index is 1120. The monoisotopic (exact) mass is 449 g/mol. The van der Waals surface area contributed by atoms with Gasteiger partial charge in [-0.25, -0.2) is 4.98 Å². The van der Waals surface area contributed by atoms with Crippen LogP contribution in [0.3, 0.4) is 0 Å². The van der Waals surface area contributed by atoms with E-state index in [4.69, 9.17) is 11.5 Å². The number of rotatable bonds is 10. The smallest absolute Gasteiger partial charge is 0.270 e. The zero-order valence-electron chi connectivity index (χ0n) is 18.0. The molecule has 33 heavy (non-hydrogen) atoms. The molecule has 3 aromatic rings. The lowest BCUT2D eigenvalue weighted by molar-refractivity contribution is -0.127. The molecule has 1 heterocycles. The first-order valence-corrected chi connectivity index (χ1v) is 10.6. The summed E-state index contributed by atoms with van der Waals surface area (Å²) in [6, 6.07) is 17.8. The van der Waals surface area contributed by atoms with Crippen LogP contribution >= 0.6 is 0 Å². The number of hydrogen-bond acceptors (Lipinski definition) is 6. The highest BCUT2D eigenvalue weighted by atomic mass is 16.3. The van der Waals surface area contributed by atoms with Crippen LogP contribution in [0.5, 0.6) is 0 Å². The standard InChI is InChI=1S/C24H27N5O4/c25-14-17(30)12-20(15-6-2-1-3-7-15)28-24(33)21(13-22(26)31)29-23(32)19-11-10-16-8-4-5-9-18(16)27-19/h1-11,17,20-21,30H,12-14,25H2,(H2,26,31)(H,28,33)(H,29,32)/t17?,20?,21-/m0/s1. The van der Waals surface area contributed by atoms with Crippen molar-refractivity contribution in [1.82, 2.24) is 15.6 Å². The molecule has 0 bridgehead atoms. The fourth-order valence-corrected chi connectivity index (χ4v) is 3.44. The number of fused-ring (bicyclic) bond motifs is 1. The van der Waals surface area contributed by atoms with Gasteiger partial charge in [0.2, 0.25) is 11.8 Å². The number of primary amides is 1. The van der Waals surface area contributed by atoms with Gasteiger partial charge >= 0.3 is 0 Å². The van der Waals surface area contributed by atoms with Gasteiger partial charge < -0.3 is 27.2 Å². The SMILES string of the molecule is NCC(O)CC(NC(=O)[C@H](CC(N)=O)NC(=O)c1ccc2ccccc2n1)c1ccccc1. The van der Waals surface area contributed by atoms with Crippen molar-refractivity contribution in [3.63, 3.8) is 0 Å². The molecule has 2 unspecified atom stereocenters. The van der Waals surface area contributed by atoms with E-state index in [0.717, 1.165) is 10.9 Å². The Kier molecular flexibility index (Phi) is 8.06. The van der Waals surface area contributed by atoms with Gasteiger partial charge in [-0.05, 0) is 24.1 Å². The number of carbonyl (C=O) groups is 3. The molecule has 0 radical (unpaired) electrons. The topological polar surface area (TPSA) is 160 Å². The number of amides is 3. The highest BCUT2D eigenvalue weighted by Gasteiger charge is 2.27. The number of nitrogens with two attached hydrogens (primary N) is 2. The lowest BCUT2D eigenvalue weighted by atomic mass is 9.99. The molecule has 0 aliphatic heterocycles. The maximum atomic E-state index is 13.0. The summed E-state index contributed by atoms with van der Waals surface area (Å²) in [5.74, 6) is -1.97. The van der Waals surface area contributed by atoms with Gasteiger partial charge in [0.25, 0.3) is 5.91 Å². The molecule has 1 aromatic heterocycles. The summed E-state index contributed by atoms with van der Waals surface area (Å²) in [6.45, 7) is 0.0221. The van der Waals surface area contributed by atoms with E-state index in [-0.39, 0.29) is 18.7 Å². The summed E-state index contributed by atoms with van der Waals surface area (Å²) in [5, 5.41) is 16.2. The number of para-hydroxylation sites is 1. The van der Waals surface area contributed by atoms with Crippen molar-refractivity contribution in [1.29, 1.82) is 0 Å². The average molecular weight is 450 g/mol. The largest absolute Gasteiger partial charge is 0.392 e. The molecule has 3 atom stereocenters. The Labute approximate surface area is 191 Å². The summed E-state index contributed by atoms with van der Waals surface area (Å²) >= 11 is 0. The van der Waals surface area contributed by atoms with E-state index in [1.807, 2.05) is 18.2 Å². The molecule has 0 fully saturated rings. The quantitative estimate of drug-likeness (QED) is 0.307. The van der Waals surface area contributed by atoms with Crippen molar-refractivity contribution >= 4 is 28.6 Å². The van der Waals surface area contributed by atoms with Crippen LogP contribution in [0.4, 0.5) is 0 Å². The lowest BCUT2D eigenvalue weighted by Gasteiger charge is -2.25. The average Bonchev–Trinajstić information content (AvgIpc) is 2.82. The summed E-state index contributed by atoms with van der Waals surface area (Å²) < 4.78 is 0. The van der Waals surface area contributed by atoms with Gasteiger partial charge in [0, 0.05) is 11.9 Å². The predicted octanol–water partition coefficient (Wildman–Crippen LogP) is 0.776. The third kappa shape index (κ3) is 6.58. The van der Waals surface area contributed by atoms with Gasteiger partial charge in [-0.2, -0.15) is 0 Å². The summed E-state index contributed by atoms with van der Waals surface area (Å²) in [7, 11) is 0. The number of aliphatic hydroxyl groups is 1. The molecule has 0 saturated heterocycles. The van der Waals surface area contributed by atoms with Crippen molar-refractivity contribution in [2.45, 2.75) is 31.0 Å². The van der Waals surface area contributed by atoms with Crippen LogP contribution in [0.15, 0.2) is 66.7 Å². The maximum Gasteiger partial charge on any atom is 0.270 e. The van der Waals surface area contributed by atoms with Gasteiger partial charge in [-0.1, -0.05) is 54.6 Å². The van der Waals surface area contributed by atoms with Crippen LogP contribution in [0.1, 0.15) is 34.9 Å². The summed E-state index contributed by atoms with van der Waals surface area (Å²) in [6.07, 6.45) is -1.08. The van der Waals surface area contributed by atoms with E-state index < -0.39 is 42.3 Å². The third-order valence-electron chi connectivity index (χ3n) is 5.16. The van der Waals surface area contributed by atoms with Crippen molar-refractivity contribution in [2.24, 2.45) is 11.5 Å². The van der Waals surface area contributed by atoms with E-state index in [1.165, 1.54) is 0 Å². The second-order valence-corrected chi connectivity index (χ2v) is 7.68. The van der Waals surface area contributed by atoms with Crippen molar-refractivity contribution in [2.75, 3.05) is 6.54 Å². The zero-order valence-corrected chi connectivity index (χ0v) is 18.0. The molecular formula is C24H27N5O4. The second kappa shape index (κ2) is 11.2. The number of aromatic nitrogens is 1. The van der Waals surface area contributed by atoms with Gasteiger partial charge in [-0.15, -0.1) is 0 Å². The Balaban J connectivity index is 1.78. The fraction of sp³-hybridized carbons (Fsp3) is 0.250. The van der Waals surface area contributed by atoms with Crippen LogP contribution in [0, 0.1) is 0 Å². The molecule has 9 heteroatoms. The minimum atomic E-state index is -1.22. The lowest BCUT2D eigenvalue weighted by Crippen LogP contribution is -2.50. The molecule has 9 nitrogen and oxygen atoms in total. The van der Waals surface area contributed by atoms with Gasteiger partial charge in [0.05, 0.1) is 24.1 Å². The van der Waals surface area contributed by atoms with Crippen molar-refractivity contribution < 1.29 is 19.5 Å². The molecule has 2 aromatic carbocycles. The Morgan fingerprint density at radius 1 is 0.939 bits per heavy atom. The highest BCUT2D eigenvalue weighted by Crippen LogP contribution is 2.19. The van der Waals surface area contributed by atoms with Crippen LogP contribution in [0.25, 0.3) is 10.9 Å². The molecule has 0 aliphatic rings. The molecule has 172 valence electrons. The number of nitrogens with one attached hydrogen (secondary N) is 2. The Hall–Kier alpha value is -3.82. The number of aliphatic hydroxyl groups excluding tert-OH is 1. The highest BCUT2D eigenvalue weighted by molar-refractivity contribution is 5.99. The molecule has 0 spiro atoms.